The van der Waals surface area contributed by atoms with Gasteiger partial charge in [-0.2, -0.15) is 0 Å². The first-order valence-corrected chi connectivity index (χ1v) is 6.16. The Labute approximate surface area is 93.5 Å². The number of carbonyl (C=O) groups excluding carboxylic acids is 1. The van der Waals surface area contributed by atoms with E-state index < -0.39 is 15.8 Å². The quantitative estimate of drug-likeness (QED) is 0.697. The Morgan fingerprint density at radius 1 is 1.31 bits per heavy atom. The van der Waals surface area contributed by atoms with Crippen molar-refractivity contribution in [2.45, 2.75) is 11.8 Å². The van der Waals surface area contributed by atoms with Crippen molar-refractivity contribution in [2.75, 3.05) is 7.11 Å². The maximum atomic E-state index is 11.7. The Morgan fingerprint density at radius 2 is 2.00 bits per heavy atom. The van der Waals surface area contributed by atoms with Crippen LogP contribution in [0, 0.1) is 0 Å². The third-order valence-corrected chi connectivity index (χ3v) is 4.08. The Bertz CT molecular complexity index is 596. The van der Waals surface area contributed by atoms with Gasteiger partial charge in [-0.05, 0) is 30.2 Å². The van der Waals surface area contributed by atoms with Crippen LogP contribution in [0.3, 0.4) is 0 Å². The van der Waals surface area contributed by atoms with Crippen LogP contribution < -0.4 is 0 Å². The topological polar surface area (TPSA) is 60.4 Å². The molecule has 16 heavy (non-hydrogen) atoms. The molecule has 1 aliphatic heterocycles. The van der Waals surface area contributed by atoms with Crippen molar-refractivity contribution in [1.82, 2.24) is 0 Å². The number of allylic oxidation sites excluding steroid dienone is 1. The number of hydrogen-bond acceptors (Lipinski definition) is 4. The Kier molecular flexibility index (Phi) is 2.35. The summed E-state index contributed by atoms with van der Waals surface area (Å²) in [5.41, 5.74) is 1.58. The van der Waals surface area contributed by atoms with Gasteiger partial charge in [-0.15, -0.1) is 0 Å². The molecule has 1 aliphatic rings. The lowest BCUT2D eigenvalue weighted by Gasteiger charge is -2.03. The first kappa shape index (κ1) is 10.9. The summed E-state index contributed by atoms with van der Waals surface area (Å²) in [7, 11) is -2.13. The maximum Gasteiger partial charge on any atom is 0.337 e. The number of sulfone groups is 1. The summed E-state index contributed by atoms with van der Waals surface area (Å²) >= 11 is 0. The van der Waals surface area contributed by atoms with Crippen LogP contribution in [0.25, 0.3) is 5.57 Å². The molecule has 0 amide bonds. The predicted octanol–water partition coefficient (Wildman–Crippen LogP) is 1.62. The van der Waals surface area contributed by atoms with Gasteiger partial charge in [-0.1, -0.05) is 6.07 Å². The molecule has 1 heterocycles. The molecule has 0 radical (unpaired) electrons. The van der Waals surface area contributed by atoms with E-state index in [0.717, 1.165) is 0 Å². The zero-order valence-electron chi connectivity index (χ0n) is 8.85. The number of rotatable bonds is 1. The lowest BCUT2D eigenvalue weighted by atomic mass is 10.1. The van der Waals surface area contributed by atoms with E-state index >= 15 is 0 Å². The number of carbonyl (C=O) groups is 1. The lowest BCUT2D eigenvalue weighted by Crippen LogP contribution is -2.03. The molecule has 0 saturated carbocycles. The highest BCUT2D eigenvalue weighted by molar-refractivity contribution is 7.95. The summed E-state index contributed by atoms with van der Waals surface area (Å²) in [5, 5.41) is 1.21. The van der Waals surface area contributed by atoms with Gasteiger partial charge < -0.3 is 4.74 Å². The highest BCUT2D eigenvalue weighted by atomic mass is 32.2. The number of esters is 1. The van der Waals surface area contributed by atoms with Gasteiger partial charge in [0.15, 0.2) is 0 Å². The third kappa shape index (κ3) is 1.53. The average molecular weight is 238 g/mol. The maximum absolute atomic E-state index is 11.7. The SMILES string of the molecule is COC(=O)c1ccc2c(c1)S(=O)(=O)C=C2C. The van der Waals surface area contributed by atoms with Crippen molar-refractivity contribution in [3.8, 4) is 0 Å². The lowest BCUT2D eigenvalue weighted by molar-refractivity contribution is 0.0600. The molecular weight excluding hydrogens is 228 g/mol. The molecule has 0 aromatic heterocycles. The number of ether oxygens (including phenoxy) is 1. The van der Waals surface area contributed by atoms with E-state index in [-0.39, 0.29) is 10.5 Å². The van der Waals surface area contributed by atoms with Crippen molar-refractivity contribution in [1.29, 1.82) is 0 Å². The molecule has 0 N–H and O–H groups in total. The van der Waals surface area contributed by atoms with E-state index in [2.05, 4.69) is 4.74 Å². The van der Waals surface area contributed by atoms with E-state index in [1.54, 1.807) is 19.1 Å². The monoisotopic (exact) mass is 238 g/mol. The second-order valence-corrected chi connectivity index (χ2v) is 5.31. The summed E-state index contributed by atoms with van der Waals surface area (Å²) in [6.07, 6.45) is 0. The molecule has 0 unspecified atom stereocenters. The van der Waals surface area contributed by atoms with Crippen LogP contribution >= 0.6 is 0 Å². The number of benzene rings is 1. The van der Waals surface area contributed by atoms with Crippen LogP contribution in [0.15, 0.2) is 28.5 Å². The van der Waals surface area contributed by atoms with Gasteiger partial charge in [0.2, 0.25) is 9.84 Å². The smallest absolute Gasteiger partial charge is 0.337 e. The average Bonchev–Trinajstić information content (AvgIpc) is 2.48. The molecule has 4 nitrogen and oxygen atoms in total. The molecule has 0 spiro atoms. The molecule has 2 rings (SSSR count). The molecule has 84 valence electrons. The third-order valence-electron chi connectivity index (χ3n) is 2.47. The fraction of sp³-hybridized carbons (Fsp3) is 0.182. The van der Waals surface area contributed by atoms with Crippen molar-refractivity contribution < 1.29 is 17.9 Å². The number of hydrogen-bond donors (Lipinski definition) is 0. The highest BCUT2D eigenvalue weighted by Crippen LogP contribution is 2.33. The molecule has 1 aromatic rings. The van der Waals surface area contributed by atoms with Crippen LogP contribution in [0.4, 0.5) is 0 Å². The van der Waals surface area contributed by atoms with Gasteiger partial charge in [0.05, 0.1) is 17.6 Å². The van der Waals surface area contributed by atoms with E-state index in [9.17, 15) is 13.2 Å². The van der Waals surface area contributed by atoms with E-state index in [1.807, 2.05) is 0 Å². The van der Waals surface area contributed by atoms with Gasteiger partial charge in [0, 0.05) is 5.41 Å². The Balaban J connectivity index is 2.63. The van der Waals surface area contributed by atoms with E-state index in [1.165, 1.54) is 18.6 Å². The van der Waals surface area contributed by atoms with Crippen molar-refractivity contribution >= 4 is 21.4 Å². The molecule has 0 aliphatic carbocycles. The van der Waals surface area contributed by atoms with Gasteiger partial charge in [-0.3, -0.25) is 0 Å². The van der Waals surface area contributed by atoms with Crippen LogP contribution in [-0.4, -0.2) is 21.5 Å². The molecule has 1 aromatic carbocycles. The standard InChI is InChI=1S/C11H10O4S/c1-7-6-16(13,14)10-5-8(11(12)15-2)3-4-9(7)10/h3-6H,1-2H3. The second kappa shape index (κ2) is 3.45. The zero-order chi connectivity index (χ0) is 11.9. The van der Waals surface area contributed by atoms with Gasteiger partial charge in [-0.25, -0.2) is 13.2 Å². The highest BCUT2D eigenvalue weighted by Gasteiger charge is 2.25. The normalized spacial score (nSPS) is 16.5. The van der Waals surface area contributed by atoms with Crippen LogP contribution in [0.5, 0.6) is 0 Å². The summed E-state index contributed by atoms with van der Waals surface area (Å²) in [6.45, 7) is 1.72. The van der Waals surface area contributed by atoms with Crippen molar-refractivity contribution in [3.63, 3.8) is 0 Å². The largest absolute Gasteiger partial charge is 0.465 e. The van der Waals surface area contributed by atoms with E-state index in [0.29, 0.717) is 11.1 Å². The fourth-order valence-corrected chi connectivity index (χ4v) is 3.23. The minimum atomic E-state index is -3.39. The van der Waals surface area contributed by atoms with Crippen LogP contribution in [0.2, 0.25) is 0 Å². The second-order valence-electron chi connectivity index (χ2n) is 3.55. The summed E-state index contributed by atoms with van der Waals surface area (Å²) < 4.78 is 27.9. The first-order chi connectivity index (χ1) is 7.45. The van der Waals surface area contributed by atoms with Crippen molar-refractivity contribution in [3.05, 3.63) is 34.7 Å². The predicted molar refractivity (Wildman–Crippen MR) is 58.6 cm³/mol. The minimum absolute atomic E-state index is 0.174. The minimum Gasteiger partial charge on any atom is -0.465 e. The van der Waals surface area contributed by atoms with E-state index in [4.69, 9.17) is 0 Å². The first-order valence-electron chi connectivity index (χ1n) is 4.62. The van der Waals surface area contributed by atoms with Crippen molar-refractivity contribution in [2.24, 2.45) is 0 Å². The zero-order valence-corrected chi connectivity index (χ0v) is 9.67. The molecular formula is C11H10O4S. The summed E-state index contributed by atoms with van der Waals surface area (Å²) in [4.78, 5) is 11.4. The van der Waals surface area contributed by atoms with Gasteiger partial charge in [0.25, 0.3) is 0 Å². The summed E-state index contributed by atoms with van der Waals surface area (Å²) in [5.74, 6) is -0.539. The number of fused-ring (bicyclic) bond motifs is 1. The summed E-state index contributed by atoms with van der Waals surface area (Å²) in [6, 6.07) is 4.53. The molecule has 0 bridgehead atoms. The number of methoxy groups -OCH3 is 1. The van der Waals surface area contributed by atoms with Crippen LogP contribution in [0.1, 0.15) is 22.8 Å². The molecule has 0 saturated heterocycles. The van der Waals surface area contributed by atoms with Gasteiger partial charge >= 0.3 is 5.97 Å². The molecule has 0 atom stereocenters. The Hall–Kier alpha value is -1.62. The molecule has 5 heteroatoms. The fourth-order valence-electron chi connectivity index (χ4n) is 1.69. The molecule has 0 fully saturated rings. The Morgan fingerprint density at radius 3 is 2.62 bits per heavy atom. The van der Waals surface area contributed by atoms with Gasteiger partial charge in [0.1, 0.15) is 0 Å². The van der Waals surface area contributed by atoms with Crippen LogP contribution in [-0.2, 0) is 14.6 Å².